The maximum absolute atomic E-state index is 13.3. The molecule has 0 aliphatic carbocycles. The van der Waals surface area contributed by atoms with Crippen molar-refractivity contribution >= 4 is 31.8 Å². The van der Waals surface area contributed by atoms with Gasteiger partial charge in [0.15, 0.2) is 11.9 Å². The summed E-state index contributed by atoms with van der Waals surface area (Å²) in [6.45, 7) is -1.41. The number of nitrogens with zero attached hydrogens (tertiary/aromatic N) is 2. The second-order valence-electron chi connectivity index (χ2n) is 6.89. The lowest BCUT2D eigenvalue weighted by atomic mass is 10.3. The summed E-state index contributed by atoms with van der Waals surface area (Å²) in [5.41, 5.74) is 0. The predicted octanol–water partition coefficient (Wildman–Crippen LogP) is 0.467. The summed E-state index contributed by atoms with van der Waals surface area (Å²) in [5.74, 6) is -1.10. The number of methoxy groups -OCH3 is 3. The van der Waals surface area contributed by atoms with Crippen LogP contribution in [0.25, 0.3) is 0 Å². The van der Waals surface area contributed by atoms with E-state index in [1.807, 2.05) is 0 Å². The fourth-order valence-corrected chi connectivity index (χ4v) is 6.37. The molecule has 1 heterocycles. The van der Waals surface area contributed by atoms with Crippen LogP contribution in [0.4, 0.5) is 0 Å². The van der Waals surface area contributed by atoms with Crippen molar-refractivity contribution < 1.29 is 40.6 Å². The van der Waals surface area contributed by atoms with Crippen molar-refractivity contribution in [3.63, 3.8) is 0 Å². The van der Waals surface area contributed by atoms with E-state index < -0.39 is 51.1 Å². The van der Waals surface area contributed by atoms with E-state index in [4.69, 9.17) is 14.2 Å². The first-order valence-electron chi connectivity index (χ1n) is 9.47. The lowest BCUT2D eigenvalue weighted by Gasteiger charge is -2.39. The second kappa shape index (κ2) is 9.47. The van der Waals surface area contributed by atoms with Crippen molar-refractivity contribution in [1.82, 2.24) is 8.61 Å². The van der Waals surface area contributed by atoms with Gasteiger partial charge in [0.2, 0.25) is 20.0 Å². The van der Waals surface area contributed by atoms with E-state index in [0.717, 1.165) is 7.11 Å². The zero-order valence-electron chi connectivity index (χ0n) is 18.0. The van der Waals surface area contributed by atoms with Gasteiger partial charge in [-0.25, -0.2) is 21.6 Å². The first kappa shape index (κ1) is 24.6. The summed E-state index contributed by atoms with van der Waals surface area (Å²) in [7, 11) is -5.16. The molecular weight excluding hydrogens is 476 g/mol. The third-order valence-electron chi connectivity index (χ3n) is 4.95. The zero-order valence-corrected chi connectivity index (χ0v) is 19.6. The molecule has 0 bridgehead atoms. The minimum absolute atomic E-state index is 0.256. The van der Waals surface area contributed by atoms with Crippen LogP contribution in [0.1, 0.15) is 0 Å². The van der Waals surface area contributed by atoms with Crippen molar-refractivity contribution in [1.29, 1.82) is 0 Å². The smallest absolute Gasteiger partial charge is 0.340 e. The number of esters is 1. The minimum Gasteiger partial charge on any atom is -0.497 e. The fourth-order valence-electron chi connectivity index (χ4n) is 3.25. The van der Waals surface area contributed by atoms with Crippen molar-refractivity contribution in [2.24, 2.45) is 0 Å². The number of ether oxygens (including phenoxy) is 3. The van der Waals surface area contributed by atoms with Crippen LogP contribution in [-0.4, -0.2) is 77.8 Å². The number of benzene rings is 2. The minimum atomic E-state index is -4.48. The number of carbonyl (C=O) groups is 2. The predicted molar refractivity (Wildman–Crippen MR) is 115 cm³/mol. The highest BCUT2D eigenvalue weighted by molar-refractivity contribution is 7.90. The Balaban J connectivity index is 2.11. The number of carbonyl (C=O) groups excluding carboxylic acids is 2. The molecule has 178 valence electrons. The third-order valence-corrected chi connectivity index (χ3v) is 8.58. The summed E-state index contributed by atoms with van der Waals surface area (Å²) in [4.78, 5) is 24.6. The second-order valence-corrected chi connectivity index (χ2v) is 10.7. The molecule has 1 aliphatic heterocycles. The molecule has 2 aromatic carbocycles. The summed E-state index contributed by atoms with van der Waals surface area (Å²) in [5, 5.41) is 0. The maximum Gasteiger partial charge on any atom is 0.340 e. The van der Waals surface area contributed by atoms with Gasteiger partial charge in [0.05, 0.1) is 44.2 Å². The Morgan fingerprint density at radius 1 is 0.758 bits per heavy atom. The molecule has 1 aliphatic rings. The molecule has 0 atom stereocenters. The SMILES string of the molecule is COC(=O)C1N(S(=O)(=O)c2ccc(OC)cc2)CC(=O)CN1S(=O)(=O)c1ccc(OC)cc1. The summed E-state index contributed by atoms with van der Waals surface area (Å²) >= 11 is 0. The van der Waals surface area contributed by atoms with Crippen LogP contribution < -0.4 is 9.47 Å². The van der Waals surface area contributed by atoms with E-state index in [1.54, 1.807) is 0 Å². The van der Waals surface area contributed by atoms with Crippen LogP contribution in [0.15, 0.2) is 58.3 Å². The fraction of sp³-hybridized carbons (Fsp3) is 0.300. The molecule has 11 nitrogen and oxygen atoms in total. The molecule has 0 N–H and O–H groups in total. The van der Waals surface area contributed by atoms with Gasteiger partial charge in [-0.15, -0.1) is 0 Å². The molecule has 33 heavy (non-hydrogen) atoms. The van der Waals surface area contributed by atoms with E-state index in [-0.39, 0.29) is 9.79 Å². The van der Waals surface area contributed by atoms with E-state index in [9.17, 15) is 26.4 Å². The molecule has 0 amide bonds. The summed E-state index contributed by atoms with van der Waals surface area (Å²) < 4.78 is 69.2. The van der Waals surface area contributed by atoms with Crippen molar-refractivity contribution in [3.05, 3.63) is 48.5 Å². The Hall–Kier alpha value is -3.00. The van der Waals surface area contributed by atoms with Crippen LogP contribution in [0.2, 0.25) is 0 Å². The average molecular weight is 499 g/mol. The molecule has 0 saturated carbocycles. The quantitative estimate of drug-likeness (QED) is 0.499. The van der Waals surface area contributed by atoms with Gasteiger partial charge in [-0.1, -0.05) is 0 Å². The first-order valence-corrected chi connectivity index (χ1v) is 12.4. The number of hydrogen-bond donors (Lipinski definition) is 0. The average Bonchev–Trinajstić information content (AvgIpc) is 2.83. The highest BCUT2D eigenvalue weighted by Gasteiger charge is 2.50. The molecule has 1 fully saturated rings. The van der Waals surface area contributed by atoms with Gasteiger partial charge in [0.1, 0.15) is 11.5 Å². The molecule has 0 spiro atoms. The molecule has 0 unspecified atom stereocenters. The topological polar surface area (TPSA) is 137 Å². The maximum atomic E-state index is 13.3. The van der Waals surface area contributed by atoms with Gasteiger partial charge in [0, 0.05) is 0 Å². The Kier molecular flexibility index (Phi) is 7.07. The summed E-state index contributed by atoms with van der Waals surface area (Å²) in [6, 6.07) is 10.5. The largest absolute Gasteiger partial charge is 0.497 e. The molecular formula is C20H22N2O9S2. The van der Waals surface area contributed by atoms with Crippen LogP contribution in [-0.2, 0) is 34.4 Å². The van der Waals surface area contributed by atoms with E-state index >= 15 is 0 Å². The highest BCUT2D eigenvalue weighted by Crippen LogP contribution is 2.30. The van der Waals surface area contributed by atoms with Gasteiger partial charge in [0.25, 0.3) is 0 Å². The first-order chi connectivity index (χ1) is 15.6. The lowest BCUT2D eigenvalue weighted by Crippen LogP contribution is -2.63. The number of sulfonamides is 2. The Morgan fingerprint density at radius 3 is 1.42 bits per heavy atom. The molecule has 1 saturated heterocycles. The monoisotopic (exact) mass is 498 g/mol. The van der Waals surface area contributed by atoms with E-state index in [2.05, 4.69) is 0 Å². The van der Waals surface area contributed by atoms with Gasteiger partial charge < -0.3 is 14.2 Å². The molecule has 13 heteroatoms. The molecule has 3 rings (SSSR count). The van der Waals surface area contributed by atoms with Crippen LogP contribution in [0.5, 0.6) is 11.5 Å². The lowest BCUT2D eigenvalue weighted by molar-refractivity contribution is -0.151. The Labute approximate surface area is 191 Å². The standard InChI is InChI=1S/C20H22N2O9S2/c1-29-15-4-8-17(9-5-15)32(25,26)21-12-14(23)13-22(19(21)20(24)31-3)33(27,28)18-10-6-16(30-2)7-11-18/h4-11,19H,12-13H2,1-3H3. The van der Waals surface area contributed by atoms with Gasteiger partial charge in [-0.05, 0) is 48.5 Å². The number of rotatable bonds is 7. The van der Waals surface area contributed by atoms with Crippen LogP contribution >= 0.6 is 0 Å². The zero-order chi connectivity index (χ0) is 24.4. The van der Waals surface area contributed by atoms with Gasteiger partial charge in [-0.3, -0.25) is 4.79 Å². The normalized spacial score (nSPS) is 16.4. The van der Waals surface area contributed by atoms with Crippen LogP contribution in [0, 0.1) is 0 Å². The number of ketones is 1. The Morgan fingerprint density at radius 2 is 1.12 bits per heavy atom. The van der Waals surface area contributed by atoms with Crippen molar-refractivity contribution in [2.45, 2.75) is 16.0 Å². The molecule has 0 radical (unpaired) electrons. The number of Topliss-reactive ketones (excluding diaryl/α,β-unsaturated/α-hetero) is 1. The van der Waals surface area contributed by atoms with Crippen molar-refractivity contribution in [2.75, 3.05) is 34.4 Å². The summed E-state index contributed by atoms with van der Waals surface area (Å²) in [6.07, 6.45) is -1.92. The van der Waals surface area contributed by atoms with Crippen molar-refractivity contribution in [3.8, 4) is 11.5 Å². The van der Waals surface area contributed by atoms with Crippen LogP contribution in [0.3, 0.4) is 0 Å². The highest BCUT2D eigenvalue weighted by atomic mass is 32.2. The third kappa shape index (κ3) is 4.71. The van der Waals surface area contributed by atoms with Gasteiger partial charge in [-0.2, -0.15) is 8.61 Å². The molecule has 2 aromatic rings. The number of hydrogen-bond acceptors (Lipinski definition) is 9. The van der Waals surface area contributed by atoms with E-state index in [0.29, 0.717) is 20.1 Å². The van der Waals surface area contributed by atoms with Gasteiger partial charge >= 0.3 is 5.97 Å². The Bertz CT molecular complexity index is 1150. The van der Waals surface area contributed by atoms with E-state index in [1.165, 1.54) is 62.8 Å². The molecule has 0 aromatic heterocycles.